The van der Waals surface area contributed by atoms with Gasteiger partial charge in [0.15, 0.2) is 0 Å². The first-order valence-corrected chi connectivity index (χ1v) is 6.84. The zero-order valence-corrected chi connectivity index (χ0v) is 12.5. The highest BCUT2D eigenvalue weighted by Crippen LogP contribution is 2.23. The third kappa shape index (κ3) is 3.81. The molecule has 0 saturated heterocycles. The Morgan fingerprint density at radius 1 is 1.14 bits per heavy atom. The summed E-state index contributed by atoms with van der Waals surface area (Å²) in [5, 5.41) is 2.09. The van der Waals surface area contributed by atoms with E-state index in [4.69, 9.17) is 4.74 Å². The van der Waals surface area contributed by atoms with Crippen molar-refractivity contribution in [2.24, 2.45) is 0 Å². The van der Waals surface area contributed by atoms with E-state index in [9.17, 15) is 9.59 Å². The number of ether oxygens (including phenoxy) is 1. The summed E-state index contributed by atoms with van der Waals surface area (Å²) in [7, 11) is 0. The van der Waals surface area contributed by atoms with Gasteiger partial charge in [-0.3, -0.25) is 4.90 Å². The number of amides is 1. The van der Waals surface area contributed by atoms with Gasteiger partial charge in [0.05, 0.1) is 6.54 Å². The van der Waals surface area contributed by atoms with Crippen molar-refractivity contribution in [2.45, 2.75) is 26.4 Å². The number of hydrogen-bond donors (Lipinski definition) is 0. The number of carbonyl (C=O) groups is 2. The van der Waals surface area contributed by atoms with E-state index in [0.717, 1.165) is 10.8 Å². The Kier molecular flexibility index (Phi) is 4.26. The molecule has 21 heavy (non-hydrogen) atoms. The Labute approximate surface area is 124 Å². The number of fused-ring (bicyclic) bond motifs is 1. The summed E-state index contributed by atoms with van der Waals surface area (Å²) in [6.07, 6.45) is 0.170. The summed E-state index contributed by atoms with van der Waals surface area (Å²) < 4.78 is 5.35. The molecule has 110 valence electrons. The third-order valence-corrected chi connectivity index (χ3v) is 2.92. The summed E-state index contributed by atoms with van der Waals surface area (Å²) in [4.78, 5) is 24.4. The molecule has 2 rings (SSSR count). The summed E-state index contributed by atoms with van der Waals surface area (Å²) in [6.45, 7) is 5.35. The summed E-state index contributed by atoms with van der Waals surface area (Å²) >= 11 is 0. The van der Waals surface area contributed by atoms with Crippen molar-refractivity contribution < 1.29 is 14.3 Å². The third-order valence-electron chi connectivity index (χ3n) is 2.92. The first kappa shape index (κ1) is 15.0. The van der Waals surface area contributed by atoms with Crippen LogP contribution < -0.4 is 4.90 Å². The minimum Gasteiger partial charge on any atom is -0.443 e. The lowest BCUT2D eigenvalue weighted by atomic mass is 10.1. The van der Waals surface area contributed by atoms with Crippen molar-refractivity contribution in [1.82, 2.24) is 0 Å². The number of rotatable bonds is 3. The highest BCUT2D eigenvalue weighted by Gasteiger charge is 2.23. The number of anilines is 1. The molecule has 0 aliphatic heterocycles. The van der Waals surface area contributed by atoms with E-state index in [1.807, 2.05) is 42.5 Å². The molecule has 0 atom stereocenters. The molecule has 4 nitrogen and oxygen atoms in total. The maximum absolute atomic E-state index is 12.2. The van der Waals surface area contributed by atoms with Gasteiger partial charge in [0, 0.05) is 5.69 Å². The molecule has 0 spiro atoms. The minimum atomic E-state index is -0.602. The van der Waals surface area contributed by atoms with Crippen LogP contribution in [0.4, 0.5) is 10.5 Å². The Bertz CT molecular complexity index is 658. The highest BCUT2D eigenvalue weighted by molar-refractivity contribution is 5.95. The van der Waals surface area contributed by atoms with Gasteiger partial charge >= 0.3 is 6.09 Å². The molecule has 0 heterocycles. The highest BCUT2D eigenvalue weighted by atomic mass is 16.6. The summed E-state index contributed by atoms with van der Waals surface area (Å²) in [6, 6.07) is 13.5. The first-order valence-electron chi connectivity index (χ1n) is 6.84. The van der Waals surface area contributed by atoms with E-state index >= 15 is 0 Å². The molecular weight excluding hydrogens is 266 g/mol. The van der Waals surface area contributed by atoms with Crippen LogP contribution in [-0.4, -0.2) is 24.5 Å². The normalized spacial score (nSPS) is 11.2. The van der Waals surface area contributed by atoms with Crippen LogP contribution in [0.3, 0.4) is 0 Å². The molecule has 0 bridgehead atoms. The first-order chi connectivity index (χ1) is 9.90. The predicted octanol–water partition coefficient (Wildman–Crippen LogP) is 3.78. The van der Waals surface area contributed by atoms with Gasteiger partial charge in [0.1, 0.15) is 11.9 Å². The number of carbonyl (C=O) groups excluding carboxylic acids is 2. The molecule has 2 aromatic carbocycles. The van der Waals surface area contributed by atoms with Crippen molar-refractivity contribution in [3.05, 3.63) is 42.5 Å². The zero-order chi connectivity index (χ0) is 15.5. The van der Waals surface area contributed by atoms with E-state index in [1.54, 1.807) is 20.8 Å². The molecule has 0 aromatic heterocycles. The fourth-order valence-corrected chi connectivity index (χ4v) is 2.02. The average molecular weight is 285 g/mol. The van der Waals surface area contributed by atoms with Gasteiger partial charge in [0.2, 0.25) is 0 Å². The van der Waals surface area contributed by atoms with Gasteiger partial charge < -0.3 is 9.53 Å². The smallest absolute Gasteiger partial charge is 0.415 e. The Balaban J connectivity index is 2.35. The second-order valence-electron chi connectivity index (χ2n) is 5.79. The largest absolute Gasteiger partial charge is 0.443 e. The molecule has 0 N–H and O–H groups in total. The van der Waals surface area contributed by atoms with Crippen LogP contribution >= 0.6 is 0 Å². The van der Waals surface area contributed by atoms with Crippen LogP contribution in [0, 0.1) is 0 Å². The Hall–Kier alpha value is -2.36. The van der Waals surface area contributed by atoms with Gasteiger partial charge in [-0.25, -0.2) is 4.79 Å². The lowest BCUT2D eigenvalue weighted by molar-refractivity contribution is -0.106. The monoisotopic (exact) mass is 285 g/mol. The van der Waals surface area contributed by atoms with Crippen molar-refractivity contribution in [1.29, 1.82) is 0 Å². The van der Waals surface area contributed by atoms with Crippen molar-refractivity contribution in [3.8, 4) is 0 Å². The van der Waals surface area contributed by atoms with Crippen molar-refractivity contribution >= 4 is 28.8 Å². The Morgan fingerprint density at radius 3 is 2.43 bits per heavy atom. The molecule has 0 aliphatic carbocycles. The van der Waals surface area contributed by atoms with E-state index in [-0.39, 0.29) is 6.54 Å². The van der Waals surface area contributed by atoms with Gasteiger partial charge in [0.25, 0.3) is 0 Å². The van der Waals surface area contributed by atoms with Gasteiger partial charge in [-0.1, -0.05) is 30.3 Å². The van der Waals surface area contributed by atoms with Crippen LogP contribution in [0.25, 0.3) is 10.8 Å². The SMILES string of the molecule is CC(C)(C)OC(=O)N(CC=O)c1ccc2ccccc2c1. The van der Waals surface area contributed by atoms with Crippen LogP contribution in [0.15, 0.2) is 42.5 Å². The zero-order valence-electron chi connectivity index (χ0n) is 12.5. The molecular formula is C17H19NO3. The number of nitrogens with zero attached hydrogens (tertiary/aromatic N) is 1. The van der Waals surface area contributed by atoms with Gasteiger partial charge in [-0.15, -0.1) is 0 Å². The summed E-state index contributed by atoms with van der Waals surface area (Å²) in [5.41, 5.74) is 0.0461. The number of aldehydes is 1. The predicted molar refractivity (Wildman–Crippen MR) is 83.6 cm³/mol. The van der Waals surface area contributed by atoms with Crippen LogP contribution in [0.5, 0.6) is 0 Å². The molecule has 4 heteroatoms. The number of hydrogen-bond acceptors (Lipinski definition) is 3. The maximum Gasteiger partial charge on any atom is 0.415 e. The fraction of sp³-hybridized carbons (Fsp3) is 0.294. The number of benzene rings is 2. The van der Waals surface area contributed by atoms with Crippen LogP contribution in [0.2, 0.25) is 0 Å². The van der Waals surface area contributed by atoms with E-state index in [0.29, 0.717) is 12.0 Å². The standard InChI is InChI=1S/C17H19NO3/c1-17(2,3)21-16(20)18(10-11-19)15-9-8-13-6-4-5-7-14(13)12-15/h4-9,11-12H,10H2,1-3H3. The molecule has 2 aromatic rings. The molecule has 0 aliphatic rings. The minimum absolute atomic E-state index is 0.0345. The van der Waals surface area contributed by atoms with Crippen LogP contribution in [0.1, 0.15) is 20.8 Å². The fourth-order valence-electron chi connectivity index (χ4n) is 2.02. The van der Waals surface area contributed by atoms with Crippen molar-refractivity contribution in [2.75, 3.05) is 11.4 Å². The second-order valence-corrected chi connectivity index (χ2v) is 5.79. The summed E-state index contributed by atoms with van der Waals surface area (Å²) in [5.74, 6) is 0. The Morgan fingerprint density at radius 2 is 1.81 bits per heavy atom. The lowest BCUT2D eigenvalue weighted by Gasteiger charge is -2.26. The molecule has 0 fully saturated rings. The van der Waals surface area contributed by atoms with E-state index < -0.39 is 11.7 Å². The van der Waals surface area contributed by atoms with E-state index in [2.05, 4.69) is 0 Å². The topological polar surface area (TPSA) is 46.6 Å². The quantitative estimate of drug-likeness (QED) is 0.806. The van der Waals surface area contributed by atoms with Gasteiger partial charge in [-0.2, -0.15) is 0 Å². The second kappa shape index (κ2) is 5.95. The molecule has 1 amide bonds. The average Bonchev–Trinajstić information content (AvgIpc) is 2.42. The van der Waals surface area contributed by atoms with E-state index in [1.165, 1.54) is 4.90 Å². The maximum atomic E-state index is 12.2. The molecule has 0 radical (unpaired) electrons. The molecule has 0 saturated carbocycles. The van der Waals surface area contributed by atoms with Gasteiger partial charge in [-0.05, 0) is 43.7 Å². The van der Waals surface area contributed by atoms with Crippen LogP contribution in [-0.2, 0) is 9.53 Å². The molecule has 0 unspecified atom stereocenters. The van der Waals surface area contributed by atoms with Crippen molar-refractivity contribution in [3.63, 3.8) is 0 Å². The lowest BCUT2D eigenvalue weighted by Crippen LogP contribution is -2.38.